The maximum absolute atomic E-state index is 12.6. The van der Waals surface area contributed by atoms with Crippen molar-refractivity contribution >= 4 is 21.8 Å². The van der Waals surface area contributed by atoms with Crippen LogP contribution >= 0.6 is 15.9 Å². The molecule has 2 aromatic rings. The number of hydrogen-bond donors (Lipinski definition) is 0. The minimum absolute atomic E-state index is 0.0758. The lowest BCUT2D eigenvalue weighted by Crippen LogP contribution is -2.26. The van der Waals surface area contributed by atoms with E-state index in [-0.39, 0.29) is 5.91 Å². The van der Waals surface area contributed by atoms with Crippen LogP contribution in [0.15, 0.2) is 40.9 Å². The molecule has 0 radical (unpaired) electrons. The third kappa shape index (κ3) is 4.00. The molecule has 0 saturated carbocycles. The number of methoxy groups -OCH3 is 3. The van der Waals surface area contributed by atoms with Crippen LogP contribution in [0.1, 0.15) is 15.9 Å². The average Bonchev–Trinajstić information content (AvgIpc) is 2.60. The molecule has 0 aromatic heterocycles. The molecular formula is C18H20BrNO4. The van der Waals surface area contributed by atoms with Gasteiger partial charge in [0.2, 0.25) is 0 Å². The Hall–Kier alpha value is -2.21. The van der Waals surface area contributed by atoms with E-state index in [0.717, 1.165) is 10.0 Å². The topological polar surface area (TPSA) is 48.0 Å². The predicted molar refractivity (Wildman–Crippen MR) is 96.0 cm³/mol. The summed E-state index contributed by atoms with van der Waals surface area (Å²) in [6.07, 6.45) is 0. The number of halogens is 1. The number of carbonyl (C=O) groups is 1. The summed E-state index contributed by atoms with van der Waals surface area (Å²) in [4.78, 5) is 14.2. The first-order chi connectivity index (χ1) is 11.5. The van der Waals surface area contributed by atoms with Crippen LogP contribution in [0, 0.1) is 0 Å². The van der Waals surface area contributed by atoms with E-state index in [1.54, 1.807) is 51.5 Å². The summed E-state index contributed by atoms with van der Waals surface area (Å²) in [6.45, 7) is 0.461. The highest BCUT2D eigenvalue weighted by atomic mass is 79.9. The first kappa shape index (κ1) is 18.1. The van der Waals surface area contributed by atoms with Gasteiger partial charge in [0, 0.05) is 19.2 Å². The summed E-state index contributed by atoms with van der Waals surface area (Å²) >= 11 is 3.40. The summed E-state index contributed by atoms with van der Waals surface area (Å²) in [5.74, 6) is 1.92. The average molecular weight is 394 g/mol. The first-order valence-electron chi connectivity index (χ1n) is 7.30. The molecule has 0 aliphatic carbocycles. The van der Waals surface area contributed by atoms with Gasteiger partial charge in [0.25, 0.3) is 5.91 Å². The first-order valence-corrected chi connectivity index (χ1v) is 8.09. The minimum Gasteiger partial charge on any atom is -0.496 e. The van der Waals surface area contributed by atoms with Gasteiger partial charge in [-0.3, -0.25) is 4.79 Å². The summed E-state index contributed by atoms with van der Waals surface area (Å²) in [5.41, 5.74) is 1.54. The molecule has 0 aliphatic rings. The molecule has 5 nitrogen and oxygen atoms in total. The van der Waals surface area contributed by atoms with Crippen LogP contribution in [0.4, 0.5) is 0 Å². The molecule has 0 aliphatic heterocycles. The molecule has 0 atom stereocenters. The molecule has 2 rings (SSSR count). The Kier molecular flexibility index (Phi) is 6.09. The number of benzene rings is 2. The Balaban J connectivity index is 2.15. The zero-order valence-electron chi connectivity index (χ0n) is 14.1. The monoisotopic (exact) mass is 393 g/mol. The second-order valence-electron chi connectivity index (χ2n) is 5.20. The van der Waals surface area contributed by atoms with Gasteiger partial charge in [0.15, 0.2) is 11.5 Å². The van der Waals surface area contributed by atoms with Crippen LogP contribution in [0.3, 0.4) is 0 Å². The number of carbonyl (C=O) groups excluding carboxylic acids is 1. The molecule has 0 fully saturated rings. The zero-order valence-corrected chi connectivity index (χ0v) is 15.7. The summed E-state index contributed by atoms with van der Waals surface area (Å²) in [5, 5.41) is 0. The van der Waals surface area contributed by atoms with Gasteiger partial charge in [0.1, 0.15) is 5.75 Å². The van der Waals surface area contributed by atoms with E-state index in [9.17, 15) is 4.79 Å². The Morgan fingerprint density at radius 1 is 0.958 bits per heavy atom. The Bertz CT molecular complexity index is 733. The fourth-order valence-electron chi connectivity index (χ4n) is 2.34. The highest BCUT2D eigenvalue weighted by molar-refractivity contribution is 9.10. The Morgan fingerprint density at radius 3 is 2.17 bits per heavy atom. The quantitative estimate of drug-likeness (QED) is 0.749. The second kappa shape index (κ2) is 8.06. The summed E-state index contributed by atoms with van der Waals surface area (Å²) in [7, 11) is 6.53. The molecular weight excluding hydrogens is 374 g/mol. The smallest absolute Gasteiger partial charge is 0.253 e. The van der Waals surface area contributed by atoms with Gasteiger partial charge in [-0.25, -0.2) is 0 Å². The lowest BCUT2D eigenvalue weighted by Gasteiger charge is -2.19. The van der Waals surface area contributed by atoms with Crippen molar-refractivity contribution in [2.24, 2.45) is 0 Å². The van der Waals surface area contributed by atoms with Gasteiger partial charge in [-0.2, -0.15) is 0 Å². The zero-order chi connectivity index (χ0) is 17.7. The molecule has 6 heteroatoms. The molecule has 2 aromatic carbocycles. The molecule has 0 bridgehead atoms. The van der Waals surface area contributed by atoms with Crippen LogP contribution in [-0.2, 0) is 6.54 Å². The lowest BCUT2D eigenvalue weighted by atomic mass is 10.1. The number of rotatable bonds is 6. The van der Waals surface area contributed by atoms with Gasteiger partial charge in [-0.05, 0) is 51.8 Å². The lowest BCUT2D eigenvalue weighted by molar-refractivity contribution is 0.0785. The highest BCUT2D eigenvalue weighted by Gasteiger charge is 2.15. The number of nitrogens with zero attached hydrogens (tertiary/aromatic N) is 1. The van der Waals surface area contributed by atoms with Crippen molar-refractivity contribution in [3.63, 3.8) is 0 Å². The highest BCUT2D eigenvalue weighted by Crippen LogP contribution is 2.29. The van der Waals surface area contributed by atoms with E-state index in [4.69, 9.17) is 14.2 Å². The molecule has 0 heterocycles. The fraction of sp³-hybridized carbons (Fsp3) is 0.278. The number of ether oxygens (including phenoxy) is 3. The van der Waals surface area contributed by atoms with E-state index in [2.05, 4.69) is 15.9 Å². The normalized spacial score (nSPS) is 10.2. The van der Waals surface area contributed by atoms with Gasteiger partial charge in [0.05, 0.1) is 25.8 Å². The molecule has 24 heavy (non-hydrogen) atoms. The molecule has 128 valence electrons. The summed E-state index contributed by atoms with van der Waals surface area (Å²) in [6, 6.07) is 10.9. The van der Waals surface area contributed by atoms with Gasteiger partial charge >= 0.3 is 0 Å². The maximum Gasteiger partial charge on any atom is 0.253 e. The van der Waals surface area contributed by atoms with E-state index in [1.807, 2.05) is 18.2 Å². The third-order valence-electron chi connectivity index (χ3n) is 3.61. The van der Waals surface area contributed by atoms with Crippen molar-refractivity contribution in [1.29, 1.82) is 0 Å². The van der Waals surface area contributed by atoms with Crippen LogP contribution in [0.2, 0.25) is 0 Å². The van der Waals surface area contributed by atoms with E-state index in [1.165, 1.54) is 0 Å². The molecule has 0 spiro atoms. The van der Waals surface area contributed by atoms with Crippen LogP contribution in [0.25, 0.3) is 0 Å². The Morgan fingerprint density at radius 2 is 1.58 bits per heavy atom. The Labute approximate surface area is 150 Å². The van der Waals surface area contributed by atoms with Crippen molar-refractivity contribution in [2.75, 3.05) is 28.4 Å². The van der Waals surface area contributed by atoms with Gasteiger partial charge < -0.3 is 19.1 Å². The molecule has 0 unspecified atom stereocenters. The fourth-order valence-corrected chi connectivity index (χ4v) is 2.89. The van der Waals surface area contributed by atoms with Crippen molar-refractivity contribution < 1.29 is 19.0 Å². The molecule has 0 saturated heterocycles. The van der Waals surface area contributed by atoms with E-state index >= 15 is 0 Å². The van der Waals surface area contributed by atoms with Crippen LogP contribution in [-0.4, -0.2) is 39.2 Å². The van der Waals surface area contributed by atoms with Crippen LogP contribution in [0.5, 0.6) is 17.2 Å². The molecule has 1 amide bonds. The van der Waals surface area contributed by atoms with Crippen molar-refractivity contribution in [1.82, 2.24) is 4.90 Å². The third-order valence-corrected chi connectivity index (χ3v) is 4.23. The van der Waals surface area contributed by atoms with Crippen molar-refractivity contribution in [2.45, 2.75) is 6.54 Å². The number of hydrogen-bond acceptors (Lipinski definition) is 4. The number of amides is 1. The van der Waals surface area contributed by atoms with Gasteiger partial charge in [-0.1, -0.05) is 6.07 Å². The second-order valence-corrected chi connectivity index (χ2v) is 6.05. The largest absolute Gasteiger partial charge is 0.496 e. The van der Waals surface area contributed by atoms with E-state index in [0.29, 0.717) is 29.4 Å². The maximum atomic E-state index is 12.6. The van der Waals surface area contributed by atoms with Gasteiger partial charge in [-0.15, -0.1) is 0 Å². The predicted octanol–water partition coefficient (Wildman–Crippen LogP) is 3.75. The van der Waals surface area contributed by atoms with Crippen molar-refractivity contribution in [3.8, 4) is 17.2 Å². The summed E-state index contributed by atoms with van der Waals surface area (Å²) < 4.78 is 16.5. The van der Waals surface area contributed by atoms with Crippen LogP contribution < -0.4 is 14.2 Å². The minimum atomic E-state index is -0.0758. The standard InChI is InChI=1S/C18H20BrNO4/c1-20(11-12-5-7-16(23-3)17(9-12)24-4)18(21)13-6-8-15(22-2)14(19)10-13/h5-10H,11H2,1-4H3. The van der Waals surface area contributed by atoms with E-state index < -0.39 is 0 Å². The SMILES string of the molecule is COc1ccc(C(=O)N(C)Cc2ccc(OC)c(OC)c2)cc1Br. The molecule has 0 N–H and O–H groups in total. The van der Waals surface area contributed by atoms with Crippen molar-refractivity contribution in [3.05, 3.63) is 52.0 Å².